The predicted molar refractivity (Wildman–Crippen MR) is 116 cm³/mol. The molecule has 4 aromatic rings. The first-order valence-electron chi connectivity index (χ1n) is 9.78. The quantitative estimate of drug-likeness (QED) is 0.298. The normalized spacial score (nSPS) is 10.9. The van der Waals surface area contributed by atoms with Gasteiger partial charge in [0.25, 0.3) is 5.69 Å². The molecule has 9 nitrogen and oxygen atoms in total. The third-order valence-electron chi connectivity index (χ3n) is 4.73. The van der Waals surface area contributed by atoms with E-state index < -0.39 is 17.5 Å². The van der Waals surface area contributed by atoms with E-state index in [9.17, 15) is 14.9 Å². The molecule has 0 saturated carbocycles. The van der Waals surface area contributed by atoms with Crippen molar-refractivity contribution in [3.8, 4) is 17.2 Å². The zero-order chi connectivity index (χ0) is 22.5. The number of hydrogen-bond acceptors (Lipinski definition) is 7. The monoisotopic (exact) mass is 433 g/mol. The maximum Gasteiger partial charge on any atom is 0.341 e. The van der Waals surface area contributed by atoms with Gasteiger partial charge in [0, 0.05) is 18.7 Å². The number of nitro benzene ring substituents is 1. The Balaban J connectivity index is 1.52. The Morgan fingerprint density at radius 3 is 2.69 bits per heavy atom. The Hall–Kier alpha value is -4.24. The predicted octanol–water partition coefficient (Wildman–Crippen LogP) is 4.16. The Kier molecular flexibility index (Phi) is 6.09. The van der Waals surface area contributed by atoms with E-state index in [-0.39, 0.29) is 18.1 Å². The van der Waals surface area contributed by atoms with E-state index in [0.29, 0.717) is 34.5 Å². The second kappa shape index (κ2) is 9.27. The van der Waals surface area contributed by atoms with Gasteiger partial charge >= 0.3 is 5.97 Å². The molecular weight excluding hydrogens is 414 g/mol. The first kappa shape index (κ1) is 21.0. The highest BCUT2D eigenvalue weighted by atomic mass is 16.6. The van der Waals surface area contributed by atoms with Gasteiger partial charge in [-0.1, -0.05) is 36.4 Å². The zero-order valence-corrected chi connectivity index (χ0v) is 16.9. The molecule has 4 rings (SSSR count). The van der Waals surface area contributed by atoms with Crippen LogP contribution in [0, 0.1) is 10.1 Å². The lowest BCUT2D eigenvalue weighted by molar-refractivity contribution is -0.385. The summed E-state index contributed by atoms with van der Waals surface area (Å²) in [5, 5.41) is 23.8. The number of ether oxygens (including phenoxy) is 1. The number of carboxylic acids is 1. The lowest BCUT2D eigenvalue weighted by atomic mass is 10.1. The van der Waals surface area contributed by atoms with Crippen LogP contribution in [0.1, 0.15) is 11.1 Å². The molecule has 1 aromatic heterocycles. The van der Waals surface area contributed by atoms with Crippen molar-refractivity contribution in [2.75, 3.05) is 6.61 Å². The van der Waals surface area contributed by atoms with Crippen LogP contribution in [0.25, 0.3) is 22.6 Å². The second-order valence-corrected chi connectivity index (χ2v) is 6.99. The maximum absolute atomic E-state index is 11.9. The maximum atomic E-state index is 11.9. The number of para-hydroxylation sites is 3. The van der Waals surface area contributed by atoms with Crippen molar-refractivity contribution < 1.29 is 24.0 Å². The number of carboxylic acid groups (broad SMARTS) is 1. The number of aromatic nitrogens is 1. The number of nitro groups is 1. The van der Waals surface area contributed by atoms with Gasteiger partial charge < -0.3 is 19.6 Å². The lowest BCUT2D eigenvalue weighted by Crippen LogP contribution is -2.14. The fourth-order valence-electron chi connectivity index (χ4n) is 3.34. The van der Waals surface area contributed by atoms with Crippen molar-refractivity contribution in [1.82, 2.24) is 10.3 Å². The summed E-state index contributed by atoms with van der Waals surface area (Å²) in [6, 6.07) is 19.2. The van der Waals surface area contributed by atoms with Crippen molar-refractivity contribution in [2.24, 2.45) is 0 Å². The van der Waals surface area contributed by atoms with E-state index in [2.05, 4.69) is 10.3 Å². The van der Waals surface area contributed by atoms with Gasteiger partial charge in [-0.05, 0) is 35.9 Å². The van der Waals surface area contributed by atoms with E-state index in [1.807, 2.05) is 18.2 Å². The van der Waals surface area contributed by atoms with E-state index >= 15 is 0 Å². The third kappa shape index (κ3) is 4.73. The summed E-state index contributed by atoms with van der Waals surface area (Å²) in [6.07, 6.45) is 0. The first-order valence-corrected chi connectivity index (χ1v) is 9.78. The molecule has 0 aliphatic heterocycles. The molecule has 3 aromatic carbocycles. The van der Waals surface area contributed by atoms with E-state index in [4.69, 9.17) is 14.3 Å². The summed E-state index contributed by atoms with van der Waals surface area (Å²) in [4.78, 5) is 26.5. The molecule has 0 amide bonds. The summed E-state index contributed by atoms with van der Waals surface area (Å²) in [7, 11) is 0. The molecule has 1 heterocycles. The molecule has 0 fully saturated rings. The van der Waals surface area contributed by atoms with Crippen LogP contribution in [0.2, 0.25) is 0 Å². The molecule has 9 heteroatoms. The van der Waals surface area contributed by atoms with Crippen LogP contribution in [-0.4, -0.2) is 27.6 Å². The Labute approximate surface area is 182 Å². The number of hydrogen-bond donors (Lipinski definition) is 2. The molecule has 0 bridgehead atoms. The van der Waals surface area contributed by atoms with Gasteiger partial charge in [0.15, 0.2) is 12.2 Å². The minimum Gasteiger partial charge on any atom is -0.482 e. The Morgan fingerprint density at radius 2 is 1.91 bits per heavy atom. The van der Waals surface area contributed by atoms with Crippen molar-refractivity contribution in [2.45, 2.75) is 13.1 Å². The fraction of sp³-hybridized carbons (Fsp3) is 0.130. The number of rotatable bonds is 9. The average Bonchev–Trinajstić information content (AvgIpc) is 3.22. The highest BCUT2D eigenvalue weighted by molar-refractivity contribution is 5.79. The van der Waals surface area contributed by atoms with Gasteiger partial charge in [-0.2, -0.15) is 0 Å². The van der Waals surface area contributed by atoms with E-state index in [0.717, 1.165) is 5.56 Å². The van der Waals surface area contributed by atoms with Crippen LogP contribution in [0.15, 0.2) is 71.1 Å². The molecule has 0 spiro atoms. The summed E-state index contributed by atoms with van der Waals surface area (Å²) < 4.78 is 10.9. The number of benzene rings is 3. The fourth-order valence-corrected chi connectivity index (χ4v) is 3.34. The minimum absolute atomic E-state index is 0.0647. The third-order valence-corrected chi connectivity index (χ3v) is 4.73. The van der Waals surface area contributed by atoms with Crippen LogP contribution < -0.4 is 10.1 Å². The highest BCUT2D eigenvalue weighted by Gasteiger charge is 2.24. The van der Waals surface area contributed by atoms with Gasteiger partial charge in [-0.25, -0.2) is 9.78 Å². The summed E-state index contributed by atoms with van der Waals surface area (Å²) in [5.41, 5.74) is 2.79. The Morgan fingerprint density at radius 1 is 1.09 bits per heavy atom. The number of carbonyl (C=O) groups is 1. The minimum atomic E-state index is -1.06. The summed E-state index contributed by atoms with van der Waals surface area (Å²) in [5.74, 6) is -0.418. The molecule has 0 unspecified atom stereocenters. The van der Waals surface area contributed by atoms with Gasteiger partial charge in [-0.15, -0.1) is 0 Å². The van der Waals surface area contributed by atoms with Crippen LogP contribution in [-0.2, 0) is 17.9 Å². The van der Waals surface area contributed by atoms with Gasteiger partial charge in [0.1, 0.15) is 16.8 Å². The molecular formula is C23H19N3O6. The van der Waals surface area contributed by atoms with E-state index in [1.165, 1.54) is 0 Å². The number of aliphatic carboxylic acids is 1. The molecule has 0 atom stereocenters. The smallest absolute Gasteiger partial charge is 0.341 e. The second-order valence-electron chi connectivity index (χ2n) is 6.99. The summed E-state index contributed by atoms with van der Waals surface area (Å²) >= 11 is 0. The molecule has 0 radical (unpaired) electrons. The zero-order valence-electron chi connectivity index (χ0n) is 16.9. The lowest BCUT2D eigenvalue weighted by Gasteiger charge is -2.09. The van der Waals surface area contributed by atoms with Crippen LogP contribution >= 0.6 is 0 Å². The van der Waals surface area contributed by atoms with E-state index in [1.54, 1.807) is 48.5 Å². The van der Waals surface area contributed by atoms with Gasteiger partial charge in [0.05, 0.1) is 4.92 Å². The molecule has 2 N–H and O–H groups in total. The molecule has 32 heavy (non-hydrogen) atoms. The highest BCUT2D eigenvalue weighted by Crippen LogP contribution is 2.34. The molecule has 0 aliphatic carbocycles. The van der Waals surface area contributed by atoms with Crippen molar-refractivity contribution in [3.05, 3.63) is 88.0 Å². The van der Waals surface area contributed by atoms with Crippen molar-refractivity contribution in [3.63, 3.8) is 0 Å². The van der Waals surface area contributed by atoms with Crippen molar-refractivity contribution >= 4 is 22.8 Å². The van der Waals surface area contributed by atoms with Crippen LogP contribution in [0.3, 0.4) is 0 Å². The van der Waals surface area contributed by atoms with Crippen LogP contribution in [0.4, 0.5) is 5.69 Å². The van der Waals surface area contributed by atoms with Crippen molar-refractivity contribution in [1.29, 1.82) is 0 Å². The number of nitrogens with one attached hydrogen (secondary N) is 1. The SMILES string of the molecule is O=C(O)COc1cccc(CNCc2cccc(-c3nc4ccccc4o3)c2[N+](=O)[O-])c1. The number of nitrogens with zero attached hydrogens (tertiary/aromatic N) is 2. The topological polar surface area (TPSA) is 128 Å². The standard InChI is InChI=1S/C23H19N3O6/c27-21(28)14-31-17-7-3-5-15(11-17)12-24-13-16-6-4-8-18(22(16)26(29)30)23-25-19-9-1-2-10-20(19)32-23/h1-11,24H,12-14H2,(H,27,28). The number of oxazole rings is 1. The number of fused-ring (bicyclic) bond motifs is 1. The average molecular weight is 433 g/mol. The molecule has 162 valence electrons. The molecule has 0 saturated heterocycles. The molecule has 0 aliphatic rings. The van der Waals surface area contributed by atoms with Gasteiger partial charge in [-0.3, -0.25) is 10.1 Å². The van der Waals surface area contributed by atoms with Crippen LogP contribution in [0.5, 0.6) is 5.75 Å². The van der Waals surface area contributed by atoms with Gasteiger partial charge in [0.2, 0.25) is 5.89 Å². The largest absolute Gasteiger partial charge is 0.482 e. The summed E-state index contributed by atoms with van der Waals surface area (Å²) in [6.45, 7) is 0.227. The Bertz CT molecular complexity index is 1250. The first-order chi connectivity index (χ1) is 15.5.